The highest BCUT2D eigenvalue weighted by Gasteiger charge is 2.09. The third-order valence-corrected chi connectivity index (χ3v) is 3.73. The SMILES string of the molecule is COc1cccc(CNC(C)Cc2ccccc2C)c1O. The van der Waals surface area contributed by atoms with Gasteiger partial charge in [0, 0.05) is 18.2 Å². The van der Waals surface area contributed by atoms with E-state index in [1.807, 2.05) is 12.1 Å². The van der Waals surface area contributed by atoms with Crippen LogP contribution in [0.2, 0.25) is 0 Å². The van der Waals surface area contributed by atoms with Crippen LogP contribution < -0.4 is 10.1 Å². The number of hydrogen-bond donors (Lipinski definition) is 2. The third kappa shape index (κ3) is 3.99. The minimum Gasteiger partial charge on any atom is -0.504 e. The fourth-order valence-electron chi connectivity index (χ4n) is 2.40. The van der Waals surface area contributed by atoms with Gasteiger partial charge in [0.25, 0.3) is 0 Å². The van der Waals surface area contributed by atoms with Gasteiger partial charge in [-0.3, -0.25) is 0 Å². The van der Waals surface area contributed by atoms with Crippen molar-refractivity contribution in [1.29, 1.82) is 0 Å². The Morgan fingerprint density at radius 2 is 1.81 bits per heavy atom. The molecule has 3 heteroatoms. The maximum Gasteiger partial charge on any atom is 0.162 e. The molecule has 0 heterocycles. The van der Waals surface area contributed by atoms with Crippen LogP contribution in [-0.2, 0) is 13.0 Å². The molecule has 2 aromatic carbocycles. The number of aryl methyl sites for hydroxylation is 1. The molecule has 112 valence electrons. The monoisotopic (exact) mass is 285 g/mol. The van der Waals surface area contributed by atoms with E-state index in [9.17, 15) is 5.11 Å². The van der Waals surface area contributed by atoms with E-state index in [1.165, 1.54) is 11.1 Å². The lowest BCUT2D eigenvalue weighted by molar-refractivity contribution is 0.369. The summed E-state index contributed by atoms with van der Waals surface area (Å²) in [4.78, 5) is 0. The quantitative estimate of drug-likeness (QED) is 0.854. The Hall–Kier alpha value is -2.00. The van der Waals surface area contributed by atoms with Crippen molar-refractivity contribution in [3.63, 3.8) is 0 Å². The van der Waals surface area contributed by atoms with E-state index in [1.54, 1.807) is 13.2 Å². The van der Waals surface area contributed by atoms with Gasteiger partial charge in [0.05, 0.1) is 7.11 Å². The molecule has 0 saturated carbocycles. The third-order valence-electron chi connectivity index (χ3n) is 3.73. The van der Waals surface area contributed by atoms with Crippen LogP contribution in [-0.4, -0.2) is 18.3 Å². The second-order valence-corrected chi connectivity index (χ2v) is 5.38. The van der Waals surface area contributed by atoms with Gasteiger partial charge in [-0.25, -0.2) is 0 Å². The van der Waals surface area contributed by atoms with Crippen molar-refractivity contribution in [2.24, 2.45) is 0 Å². The zero-order valence-corrected chi connectivity index (χ0v) is 12.9. The molecule has 0 radical (unpaired) electrons. The van der Waals surface area contributed by atoms with Crippen molar-refractivity contribution in [2.75, 3.05) is 7.11 Å². The summed E-state index contributed by atoms with van der Waals surface area (Å²) in [6.45, 7) is 4.91. The molecule has 0 spiro atoms. The normalized spacial score (nSPS) is 12.1. The molecule has 2 N–H and O–H groups in total. The first-order chi connectivity index (χ1) is 10.1. The summed E-state index contributed by atoms with van der Waals surface area (Å²) in [6, 6.07) is 14.3. The molecule has 3 nitrogen and oxygen atoms in total. The van der Waals surface area contributed by atoms with Crippen LogP contribution in [0.25, 0.3) is 0 Å². The number of methoxy groups -OCH3 is 1. The molecule has 0 amide bonds. The Labute approximate surface area is 126 Å². The van der Waals surface area contributed by atoms with Gasteiger partial charge in [-0.15, -0.1) is 0 Å². The van der Waals surface area contributed by atoms with Crippen LogP contribution >= 0.6 is 0 Å². The molecule has 21 heavy (non-hydrogen) atoms. The van der Waals surface area contributed by atoms with Crippen molar-refractivity contribution < 1.29 is 9.84 Å². The second kappa shape index (κ2) is 7.14. The molecule has 0 saturated heterocycles. The van der Waals surface area contributed by atoms with Gasteiger partial charge in [0.2, 0.25) is 0 Å². The summed E-state index contributed by atoms with van der Waals surface area (Å²) < 4.78 is 5.13. The highest BCUT2D eigenvalue weighted by Crippen LogP contribution is 2.29. The van der Waals surface area contributed by atoms with Crippen LogP contribution in [0.1, 0.15) is 23.6 Å². The van der Waals surface area contributed by atoms with E-state index in [2.05, 4.69) is 43.4 Å². The molecule has 0 aromatic heterocycles. The molecule has 1 atom stereocenters. The van der Waals surface area contributed by atoms with Crippen molar-refractivity contribution in [2.45, 2.75) is 32.9 Å². The molecule has 1 unspecified atom stereocenters. The number of phenolic OH excluding ortho intramolecular Hbond substituents is 1. The number of phenols is 1. The van der Waals surface area contributed by atoms with Crippen LogP contribution in [0.15, 0.2) is 42.5 Å². The van der Waals surface area contributed by atoms with E-state index >= 15 is 0 Å². The lowest BCUT2D eigenvalue weighted by Gasteiger charge is -2.16. The first-order valence-electron chi connectivity index (χ1n) is 7.24. The minimum absolute atomic E-state index is 0.218. The maximum atomic E-state index is 10.1. The average molecular weight is 285 g/mol. The molecule has 0 aliphatic rings. The minimum atomic E-state index is 0.218. The van der Waals surface area contributed by atoms with Crippen LogP contribution in [0.3, 0.4) is 0 Å². The van der Waals surface area contributed by atoms with Gasteiger partial charge in [0.15, 0.2) is 11.5 Å². The number of rotatable bonds is 6. The molecule has 2 rings (SSSR count). The Kier molecular flexibility index (Phi) is 5.23. The topological polar surface area (TPSA) is 41.5 Å². The van der Waals surface area contributed by atoms with Crippen molar-refractivity contribution in [3.05, 3.63) is 59.2 Å². The van der Waals surface area contributed by atoms with Crippen molar-refractivity contribution >= 4 is 0 Å². The van der Waals surface area contributed by atoms with Gasteiger partial charge in [-0.1, -0.05) is 36.4 Å². The number of nitrogens with one attached hydrogen (secondary N) is 1. The standard InChI is InChI=1S/C18H23NO2/c1-13-7-4-5-8-15(13)11-14(2)19-12-16-9-6-10-17(21-3)18(16)20/h4-10,14,19-20H,11-12H2,1-3H3. The van der Waals surface area contributed by atoms with Crippen molar-refractivity contribution in [3.8, 4) is 11.5 Å². The molecular weight excluding hydrogens is 262 g/mol. The molecule has 0 aliphatic heterocycles. The van der Waals surface area contributed by atoms with Crippen LogP contribution in [0.5, 0.6) is 11.5 Å². The lowest BCUT2D eigenvalue weighted by atomic mass is 10.0. The summed E-state index contributed by atoms with van der Waals surface area (Å²) in [7, 11) is 1.56. The average Bonchev–Trinajstić information content (AvgIpc) is 2.48. The van der Waals surface area contributed by atoms with Gasteiger partial charge < -0.3 is 15.2 Å². The second-order valence-electron chi connectivity index (χ2n) is 5.38. The Balaban J connectivity index is 1.95. The summed E-state index contributed by atoms with van der Waals surface area (Å²) in [5, 5.41) is 13.5. The zero-order chi connectivity index (χ0) is 15.2. The molecule has 2 aromatic rings. The van der Waals surface area contributed by atoms with Crippen LogP contribution in [0, 0.1) is 6.92 Å². The largest absolute Gasteiger partial charge is 0.504 e. The number of hydrogen-bond acceptors (Lipinski definition) is 3. The zero-order valence-electron chi connectivity index (χ0n) is 12.9. The van der Waals surface area contributed by atoms with Gasteiger partial charge in [0.1, 0.15) is 0 Å². The summed E-state index contributed by atoms with van der Waals surface area (Å²) >= 11 is 0. The van der Waals surface area contributed by atoms with Crippen LogP contribution in [0.4, 0.5) is 0 Å². The van der Waals surface area contributed by atoms with E-state index in [-0.39, 0.29) is 5.75 Å². The number of aromatic hydroxyl groups is 1. The van der Waals surface area contributed by atoms with E-state index in [0.29, 0.717) is 18.3 Å². The Morgan fingerprint density at radius 3 is 2.52 bits per heavy atom. The number of ether oxygens (including phenoxy) is 1. The maximum absolute atomic E-state index is 10.1. The van der Waals surface area contributed by atoms with Crippen molar-refractivity contribution in [1.82, 2.24) is 5.32 Å². The smallest absolute Gasteiger partial charge is 0.162 e. The summed E-state index contributed by atoms with van der Waals surface area (Å²) in [5.41, 5.74) is 3.52. The number of benzene rings is 2. The summed E-state index contributed by atoms with van der Waals surface area (Å²) in [6.07, 6.45) is 0.970. The first kappa shape index (κ1) is 15.4. The molecule has 0 aliphatic carbocycles. The van der Waals surface area contributed by atoms with Gasteiger partial charge in [-0.05, 0) is 37.5 Å². The van der Waals surface area contributed by atoms with E-state index < -0.39 is 0 Å². The summed E-state index contributed by atoms with van der Waals surface area (Å²) in [5.74, 6) is 0.733. The predicted octanol–water partition coefficient (Wildman–Crippen LogP) is 3.43. The first-order valence-corrected chi connectivity index (χ1v) is 7.24. The molecule has 0 fully saturated rings. The fraction of sp³-hybridized carbons (Fsp3) is 0.333. The van der Waals surface area contributed by atoms with Gasteiger partial charge in [-0.2, -0.15) is 0 Å². The number of para-hydroxylation sites is 1. The Bertz CT molecular complexity index is 596. The van der Waals surface area contributed by atoms with Gasteiger partial charge >= 0.3 is 0 Å². The fourth-order valence-corrected chi connectivity index (χ4v) is 2.40. The molecule has 0 bridgehead atoms. The predicted molar refractivity (Wildman–Crippen MR) is 85.8 cm³/mol. The Morgan fingerprint density at radius 1 is 1.10 bits per heavy atom. The van der Waals surface area contributed by atoms with E-state index in [0.717, 1.165) is 12.0 Å². The lowest BCUT2D eigenvalue weighted by Crippen LogP contribution is -2.27. The molecular formula is C18H23NO2. The highest BCUT2D eigenvalue weighted by atomic mass is 16.5. The van der Waals surface area contributed by atoms with E-state index in [4.69, 9.17) is 4.74 Å². The highest BCUT2D eigenvalue weighted by molar-refractivity contribution is 5.45.